The van der Waals surface area contributed by atoms with Gasteiger partial charge < -0.3 is 10.1 Å². The van der Waals surface area contributed by atoms with E-state index in [-0.39, 0.29) is 11.9 Å². The standard InChI is InChI=1S/C26H29N3O2/c30-26(24-13-6-7-17-29(24)20-21-9-8-15-27-19-21)28-16-18-31-25-14-5-4-12-23(25)22-10-2-1-3-11-22/h1-5,8-12,14-15,19,24H,6-7,13,16-18,20H2,(H,28,30). The highest BCUT2D eigenvalue weighted by atomic mass is 16.5. The Morgan fingerprint density at radius 1 is 1.03 bits per heavy atom. The molecule has 0 spiro atoms. The molecule has 1 unspecified atom stereocenters. The van der Waals surface area contributed by atoms with Crippen LogP contribution in [0.3, 0.4) is 0 Å². The van der Waals surface area contributed by atoms with Crippen molar-refractivity contribution in [3.63, 3.8) is 0 Å². The summed E-state index contributed by atoms with van der Waals surface area (Å²) >= 11 is 0. The molecule has 160 valence electrons. The van der Waals surface area contributed by atoms with Crippen LogP contribution in [0.4, 0.5) is 0 Å². The fourth-order valence-electron chi connectivity index (χ4n) is 4.11. The Morgan fingerprint density at radius 3 is 2.71 bits per heavy atom. The number of pyridine rings is 1. The minimum Gasteiger partial charge on any atom is -0.491 e. The first-order valence-electron chi connectivity index (χ1n) is 11.0. The van der Waals surface area contributed by atoms with Gasteiger partial charge in [0.1, 0.15) is 12.4 Å². The molecule has 0 saturated carbocycles. The highest BCUT2D eigenvalue weighted by molar-refractivity contribution is 5.81. The molecule has 1 aliphatic rings. The molecule has 2 heterocycles. The molecule has 1 N–H and O–H groups in total. The van der Waals surface area contributed by atoms with Gasteiger partial charge in [-0.3, -0.25) is 14.7 Å². The van der Waals surface area contributed by atoms with Gasteiger partial charge >= 0.3 is 0 Å². The van der Waals surface area contributed by atoms with Crippen LogP contribution in [0.5, 0.6) is 5.75 Å². The van der Waals surface area contributed by atoms with Crippen LogP contribution in [0.1, 0.15) is 24.8 Å². The van der Waals surface area contributed by atoms with E-state index in [2.05, 4.69) is 39.5 Å². The Hall–Kier alpha value is -3.18. The predicted octanol–water partition coefficient (Wildman–Crippen LogP) is 4.30. The fraction of sp³-hybridized carbons (Fsp3) is 0.308. The number of hydrogen-bond donors (Lipinski definition) is 1. The van der Waals surface area contributed by atoms with Crippen molar-refractivity contribution >= 4 is 5.91 Å². The number of hydrogen-bond acceptors (Lipinski definition) is 4. The van der Waals surface area contributed by atoms with Crippen LogP contribution < -0.4 is 10.1 Å². The van der Waals surface area contributed by atoms with Gasteiger partial charge in [0.05, 0.1) is 12.6 Å². The molecule has 1 aliphatic heterocycles. The number of benzene rings is 2. The van der Waals surface area contributed by atoms with E-state index in [0.717, 1.165) is 54.8 Å². The Balaban J connectivity index is 1.30. The summed E-state index contributed by atoms with van der Waals surface area (Å²) in [6, 6.07) is 22.1. The van der Waals surface area contributed by atoms with Crippen LogP contribution >= 0.6 is 0 Å². The second-order valence-corrected chi connectivity index (χ2v) is 7.85. The lowest BCUT2D eigenvalue weighted by Crippen LogP contribution is -2.49. The van der Waals surface area contributed by atoms with Crippen molar-refractivity contribution in [2.45, 2.75) is 31.8 Å². The van der Waals surface area contributed by atoms with Crippen LogP contribution in [0.2, 0.25) is 0 Å². The monoisotopic (exact) mass is 415 g/mol. The zero-order chi connectivity index (χ0) is 21.3. The van der Waals surface area contributed by atoms with E-state index < -0.39 is 0 Å². The highest BCUT2D eigenvalue weighted by Crippen LogP contribution is 2.29. The van der Waals surface area contributed by atoms with Crippen LogP contribution in [-0.2, 0) is 11.3 Å². The largest absolute Gasteiger partial charge is 0.491 e. The number of nitrogens with zero attached hydrogens (tertiary/aromatic N) is 2. The maximum absolute atomic E-state index is 12.9. The lowest BCUT2D eigenvalue weighted by molar-refractivity contribution is -0.128. The molecule has 4 rings (SSSR count). The number of aromatic nitrogens is 1. The van der Waals surface area contributed by atoms with Crippen molar-refractivity contribution in [3.05, 3.63) is 84.7 Å². The zero-order valence-corrected chi connectivity index (χ0v) is 17.7. The summed E-state index contributed by atoms with van der Waals surface area (Å²) < 4.78 is 6.02. The van der Waals surface area contributed by atoms with Gasteiger partial charge in [-0.05, 0) is 42.6 Å². The van der Waals surface area contributed by atoms with Gasteiger partial charge in [0.15, 0.2) is 0 Å². The molecule has 31 heavy (non-hydrogen) atoms. The van der Waals surface area contributed by atoms with Crippen molar-refractivity contribution in [1.29, 1.82) is 0 Å². The van der Waals surface area contributed by atoms with Crippen LogP contribution in [-0.4, -0.2) is 41.5 Å². The Morgan fingerprint density at radius 2 is 1.87 bits per heavy atom. The van der Waals surface area contributed by atoms with Gasteiger partial charge in [0.2, 0.25) is 5.91 Å². The molecule has 1 atom stereocenters. The van der Waals surface area contributed by atoms with E-state index in [9.17, 15) is 4.79 Å². The smallest absolute Gasteiger partial charge is 0.237 e. The number of ether oxygens (including phenoxy) is 1. The molecule has 5 heteroatoms. The summed E-state index contributed by atoms with van der Waals surface area (Å²) in [5, 5.41) is 3.08. The number of likely N-dealkylation sites (tertiary alicyclic amines) is 1. The number of amides is 1. The summed E-state index contributed by atoms with van der Waals surface area (Å²) in [7, 11) is 0. The van der Waals surface area contributed by atoms with Crippen molar-refractivity contribution in [1.82, 2.24) is 15.2 Å². The Labute approximate surface area is 184 Å². The van der Waals surface area contributed by atoms with Crippen molar-refractivity contribution in [3.8, 4) is 16.9 Å². The van der Waals surface area contributed by atoms with E-state index >= 15 is 0 Å². The number of carbonyl (C=O) groups excluding carboxylic acids is 1. The molecule has 0 radical (unpaired) electrons. The van der Waals surface area contributed by atoms with Crippen molar-refractivity contribution < 1.29 is 9.53 Å². The maximum Gasteiger partial charge on any atom is 0.237 e. The van der Waals surface area contributed by atoms with E-state index in [4.69, 9.17) is 4.74 Å². The molecule has 0 aliphatic carbocycles. The summed E-state index contributed by atoms with van der Waals surface area (Å²) in [5.74, 6) is 0.919. The number of rotatable bonds is 8. The molecule has 1 saturated heterocycles. The average molecular weight is 416 g/mol. The van der Waals surface area contributed by atoms with Gasteiger partial charge in [-0.25, -0.2) is 0 Å². The zero-order valence-electron chi connectivity index (χ0n) is 17.7. The minimum atomic E-state index is -0.0921. The number of piperidine rings is 1. The highest BCUT2D eigenvalue weighted by Gasteiger charge is 2.28. The second kappa shape index (κ2) is 10.7. The van der Waals surface area contributed by atoms with Crippen LogP contribution in [0, 0.1) is 0 Å². The first-order chi connectivity index (χ1) is 15.3. The molecule has 1 aromatic heterocycles. The second-order valence-electron chi connectivity index (χ2n) is 7.85. The van der Waals surface area contributed by atoms with Crippen LogP contribution in [0.25, 0.3) is 11.1 Å². The number of para-hydroxylation sites is 1. The lowest BCUT2D eigenvalue weighted by atomic mass is 10.0. The third-order valence-corrected chi connectivity index (χ3v) is 5.66. The SMILES string of the molecule is O=C(NCCOc1ccccc1-c1ccccc1)C1CCCCN1Cc1cccnc1. The fourth-order valence-corrected chi connectivity index (χ4v) is 4.11. The topological polar surface area (TPSA) is 54.5 Å². The predicted molar refractivity (Wildman–Crippen MR) is 123 cm³/mol. The summed E-state index contributed by atoms with van der Waals surface area (Å²) in [5.41, 5.74) is 3.32. The van der Waals surface area contributed by atoms with Crippen molar-refractivity contribution in [2.24, 2.45) is 0 Å². The average Bonchev–Trinajstić information content (AvgIpc) is 2.83. The van der Waals surface area contributed by atoms with E-state index in [1.54, 1.807) is 6.20 Å². The molecule has 1 fully saturated rings. The summed E-state index contributed by atoms with van der Waals surface area (Å²) in [6.07, 6.45) is 6.76. The van der Waals surface area contributed by atoms with E-state index in [1.807, 2.05) is 48.7 Å². The molecule has 3 aromatic rings. The molecule has 0 bridgehead atoms. The van der Waals surface area contributed by atoms with Crippen molar-refractivity contribution in [2.75, 3.05) is 19.7 Å². The molecular weight excluding hydrogens is 386 g/mol. The number of carbonyl (C=O) groups is 1. The van der Waals surface area contributed by atoms with Gasteiger partial charge in [-0.1, -0.05) is 61.0 Å². The van der Waals surface area contributed by atoms with Gasteiger partial charge in [-0.2, -0.15) is 0 Å². The van der Waals surface area contributed by atoms with Crippen LogP contribution in [0.15, 0.2) is 79.1 Å². The third-order valence-electron chi connectivity index (χ3n) is 5.66. The molecule has 2 aromatic carbocycles. The molecular formula is C26H29N3O2. The Kier molecular flexibility index (Phi) is 7.29. The van der Waals surface area contributed by atoms with Gasteiger partial charge in [0.25, 0.3) is 0 Å². The molecule has 1 amide bonds. The number of nitrogens with one attached hydrogen (secondary N) is 1. The minimum absolute atomic E-state index is 0.0866. The first-order valence-corrected chi connectivity index (χ1v) is 11.0. The summed E-state index contributed by atoms with van der Waals surface area (Å²) in [6.45, 7) is 2.62. The van der Waals surface area contributed by atoms with E-state index in [1.165, 1.54) is 0 Å². The van der Waals surface area contributed by atoms with E-state index in [0.29, 0.717) is 13.2 Å². The van der Waals surface area contributed by atoms with Gasteiger partial charge in [0, 0.05) is 24.5 Å². The van der Waals surface area contributed by atoms with Gasteiger partial charge in [-0.15, -0.1) is 0 Å². The maximum atomic E-state index is 12.9. The molecule has 5 nitrogen and oxygen atoms in total. The quantitative estimate of drug-likeness (QED) is 0.558. The Bertz CT molecular complexity index is 963. The third kappa shape index (κ3) is 5.70. The first kappa shape index (κ1) is 21.1. The summed E-state index contributed by atoms with van der Waals surface area (Å²) in [4.78, 5) is 19.3. The lowest BCUT2D eigenvalue weighted by Gasteiger charge is -2.34. The normalized spacial score (nSPS) is 16.6.